The number of sulfone groups is 1. The van der Waals surface area contributed by atoms with E-state index in [4.69, 9.17) is 0 Å². The molecule has 1 heterocycles. The van der Waals surface area contributed by atoms with Crippen molar-refractivity contribution in [3.63, 3.8) is 0 Å². The number of carbonyl (C=O) groups excluding carboxylic acids is 2. The SMILES string of the molecule is CCCC(CCC)S(=O)(=O)CC(NC(=O)c1sc(C)nc1C)C(=O)N[C@@H](Cc1cc(F)cc(F)c1)[C@H](O)CNCc1cccc(CC)c1. The molecule has 2 aromatic carbocycles. The number of nitrogens with one attached hydrogen (secondary N) is 3. The standard InChI is InChI=1S/C35H48F2N4O5S2/c1-6-10-29(11-7-2)48(45,46)21-31(41-35(44)33-22(4)39-23(5)47-33)34(43)40-30(17-26-15-27(36)18-28(37)16-26)32(42)20-38-19-25-13-9-12-24(8-3)14-25/h9,12-16,18,29-32,38,42H,6-8,10-11,17,19-21H2,1-5H3,(H,40,43)(H,41,44)/t30-,31?,32+/m0/s1. The van der Waals surface area contributed by atoms with Gasteiger partial charge in [-0.1, -0.05) is 57.9 Å². The molecule has 0 aliphatic rings. The first kappa shape index (κ1) is 39.2. The van der Waals surface area contributed by atoms with Crippen molar-refractivity contribution >= 4 is 33.0 Å². The summed E-state index contributed by atoms with van der Waals surface area (Å²) in [5, 5.41) is 19.7. The maximum absolute atomic E-state index is 14.1. The van der Waals surface area contributed by atoms with E-state index < -0.39 is 62.5 Å². The average Bonchev–Trinajstić information content (AvgIpc) is 3.37. The van der Waals surface area contributed by atoms with E-state index in [1.807, 2.05) is 45.0 Å². The quantitative estimate of drug-likeness (QED) is 0.138. The summed E-state index contributed by atoms with van der Waals surface area (Å²) in [4.78, 5) is 31.8. The van der Waals surface area contributed by atoms with E-state index in [-0.39, 0.29) is 23.4 Å². The van der Waals surface area contributed by atoms with Gasteiger partial charge in [0.1, 0.15) is 22.6 Å². The zero-order chi connectivity index (χ0) is 35.4. The molecule has 1 unspecified atom stereocenters. The van der Waals surface area contributed by atoms with E-state index in [0.717, 1.165) is 47.1 Å². The third-order valence-electron chi connectivity index (χ3n) is 8.11. The van der Waals surface area contributed by atoms with E-state index in [0.29, 0.717) is 42.9 Å². The molecule has 0 bridgehead atoms. The van der Waals surface area contributed by atoms with Gasteiger partial charge in [0, 0.05) is 19.2 Å². The number of halogens is 2. The predicted octanol–water partition coefficient (Wildman–Crippen LogP) is 4.96. The zero-order valence-corrected chi connectivity index (χ0v) is 29.9. The van der Waals surface area contributed by atoms with Crippen LogP contribution >= 0.6 is 11.3 Å². The number of rotatable bonds is 19. The van der Waals surface area contributed by atoms with Crippen LogP contribution in [0.3, 0.4) is 0 Å². The summed E-state index contributed by atoms with van der Waals surface area (Å²) in [6.45, 7) is 9.62. The number of nitrogens with zero attached hydrogens (tertiary/aromatic N) is 1. The molecule has 3 rings (SSSR count). The number of benzene rings is 2. The molecule has 0 saturated heterocycles. The molecule has 3 atom stereocenters. The van der Waals surface area contributed by atoms with Crippen LogP contribution in [-0.2, 0) is 34.0 Å². The van der Waals surface area contributed by atoms with Crippen molar-refractivity contribution in [2.75, 3.05) is 12.3 Å². The highest BCUT2D eigenvalue weighted by atomic mass is 32.2. The molecule has 0 aliphatic carbocycles. The summed E-state index contributed by atoms with van der Waals surface area (Å²) in [5.74, 6) is -3.77. The van der Waals surface area contributed by atoms with Crippen LogP contribution in [0.1, 0.15) is 83.5 Å². The zero-order valence-electron chi connectivity index (χ0n) is 28.3. The molecule has 1 aromatic heterocycles. The Kier molecular flexibility index (Phi) is 15.1. The number of hydrogen-bond acceptors (Lipinski definition) is 8. The molecule has 0 radical (unpaired) electrons. The highest BCUT2D eigenvalue weighted by Crippen LogP contribution is 2.20. The van der Waals surface area contributed by atoms with Gasteiger partial charge in [0.05, 0.1) is 33.9 Å². The molecule has 3 aromatic rings. The lowest BCUT2D eigenvalue weighted by atomic mass is 10.00. The first-order valence-electron chi connectivity index (χ1n) is 16.4. The summed E-state index contributed by atoms with van der Waals surface area (Å²) in [6.07, 6.45) is 1.52. The third kappa shape index (κ3) is 11.7. The van der Waals surface area contributed by atoms with Crippen LogP contribution in [0.15, 0.2) is 42.5 Å². The number of aliphatic hydroxyl groups is 1. The number of amides is 2. The smallest absolute Gasteiger partial charge is 0.263 e. The van der Waals surface area contributed by atoms with Gasteiger partial charge in [0.15, 0.2) is 9.84 Å². The van der Waals surface area contributed by atoms with Crippen LogP contribution in [-0.4, -0.2) is 66.1 Å². The summed E-state index contributed by atoms with van der Waals surface area (Å²) in [6, 6.07) is 8.28. The van der Waals surface area contributed by atoms with Crippen molar-refractivity contribution in [2.45, 2.75) is 103 Å². The summed E-state index contributed by atoms with van der Waals surface area (Å²) >= 11 is 1.13. The average molecular weight is 707 g/mol. The van der Waals surface area contributed by atoms with Crippen LogP contribution in [0.5, 0.6) is 0 Å². The molecule has 2 amide bonds. The van der Waals surface area contributed by atoms with Crippen LogP contribution in [0.25, 0.3) is 0 Å². The minimum absolute atomic E-state index is 0.00281. The molecule has 264 valence electrons. The first-order chi connectivity index (χ1) is 22.8. The van der Waals surface area contributed by atoms with E-state index in [2.05, 4.69) is 20.9 Å². The van der Waals surface area contributed by atoms with Gasteiger partial charge in [-0.05, 0) is 68.4 Å². The Morgan fingerprint density at radius 3 is 2.17 bits per heavy atom. The number of hydrogen-bond donors (Lipinski definition) is 4. The maximum atomic E-state index is 14.1. The van der Waals surface area contributed by atoms with Gasteiger partial charge in [-0.2, -0.15) is 0 Å². The van der Waals surface area contributed by atoms with Gasteiger partial charge in [0.25, 0.3) is 5.91 Å². The Morgan fingerprint density at radius 2 is 1.58 bits per heavy atom. The van der Waals surface area contributed by atoms with Gasteiger partial charge in [-0.25, -0.2) is 22.2 Å². The highest BCUT2D eigenvalue weighted by molar-refractivity contribution is 7.92. The monoisotopic (exact) mass is 706 g/mol. The van der Waals surface area contributed by atoms with E-state index in [1.165, 1.54) is 0 Å². The van der Waals surface area contributed by atoms with Gasteiger partial charge in [-0.3, -0.25) is 9.59 Å². The topological polar surface area (TPSA) is 137 Å². The minimum Gasteiger partial charge on any atom is -0.390 e. The van der Waals surface area contributed by atoms with Crippen molar-refractivity contribution in [3.05, 3.63) is 86.4 Å². The highest BCUT2D eigenvalue weighted by Gasteiger charge is 2.35. The second-order valence-corrected chi connectivity index (χ2v) is 15.7. The lowest BCUT2D eigenvalue weighted by Gasteiger charge is -2.28. The Balaban J connectivity index is 1.90. The van der Waals surface area contributed by atoms with Crippen LogP contribution in [0, 0.1) is 25.5 Å². The van der Waals surface area contributed by atoms with Gasteiger partial charge in [-0.15, -0.1) is 11.3 Å². The number of aromatic nitrogens is 1. The lowest BCUT2D eigenvalue weighted by Crippen LogP contribution is -2.57. The predicted molar refractivity (Wildman–Crippen MR) is 186 cm³/mol. The lowest BCUT2D eigenvalue weighted by molar-refractivity contribution is -0.124. The van der Waals surface area contributed by atoms with Crippen LogP contribution in [0.4, 0.5) is 8.78 Å². The van der Waals surface area contributed by atoms with Crippen molar-refractivity contribution in [1.29, 1.82) is 0 Å². The van der Waals surface area contributed by atoms with Crippen molar-refractivity contribution < 1.29 is 31.9 Å². The molecule has 13 heteroatoms. The molecule has 48 heavy (non-hydrogen) atoms. The van der Waals surface area contributed by atoms with Gasteiger partial charge >= 0.3 is 0 Å². The third-order valence-corrected chi connectivity index (χ3v) is 11.5. The molecule has 0 saturated carbocycles. The maximum Gasteiger partial charge on any atom is 0.263 e. The van der Waals surface area contributed by atoms with Crippen LogP contribution < -0.4 is 16.0 Å². The molecule has 0 fully saturated rings. The fourth-order valence-corrected chi connectivity index (χ4v) is 8.66. The largest absolute Gasteiger partial charge is 0.390 e. The fourth-order valence-electron chi connectivity index (χ4n) is 5.68. The molecule has 0 spiro atoms. The molecule has 9 nitrogen and oxygen atoms in total. The van der Waals surface area contributed by atoms with E-state index in [9.17, 15) is 31.9 Å². The fraction of sp³-hybridized carbons (Fsp3) is 0.514. The Morgan fingerprint density at radius 1 is 0.938 bits per heavy atom. The normalized spacial score (nSPS) is 13.7. The molecule has 0 aliphatic heterocycles. The Hall–Kier alpha value is -3.26. The van der Waals surface area contributed by atoms with E-state index >= 15 is 0 Å². The molecular formula is C35H48F2N4O5S2. The number of carbonyl (C=O) groups is 2. The molecule has 4 N–H and O–H groups in total. The van der Waals surface area contributed by atoms with E-state index in [1.54, 1.807) is 13.8 Å². The van der Waals surface area contributed by atoms with Gasteiger partial charge < -0.3 is 21.1 Å². The Labute approximate surface area is 286 Å². The number of aliphatic hydroxyl groups excluding tert-OH is 1. The second kappa shape index (κ2) is 18.5. The number of thiazole rings is 1. The summed E-state index contributed by atoms with van der Waals surface area (Å²) in [5.41, 5.74) is 2.77. The summed E-state index contributed by atoms with van der Waals surface area (Å²) in [7, 11) is -3.86. The van der Waals surface area contributed by atoms with Gasteiger partial charge in [0.2, 0.25) is 5.91 Å². The number of aryl methyl sites for hydroxylation is 3. The second-order valence-electron chi connectivity index (χ2n) is 12.2. The van der Waals surface area contributed by atoms with Crippen LogP contribution in [0.2, 0.25) is 0 Å². The van der Waals surface area contributed by atoms with Crippen molar-refractivity contribution in [3.8, 4) is 0 Å². The summed E-state index contributed by atoms with van der Waals surface area (Å²) < 4.78 is 55.5. The Bertz CT molecular complexity index is 1610. The van der Waals surface area contributed by atoms with Crippen molar-refractivity contribution in [2.24, 2.45) is 0 Å². The minimum atomic E-state index is -3.86. The molecular weight excluding hydrogens is 659 g/mol. The van der Waals surface area contributed by atoms with Crippen molar-refractivity contribution in [1.82, 2.24) is 20.9 Å². The first-order valence-corrected chi connectivity index (χ1v) is 19.0.